The fraction of sp³-hybridized carbons (Fsp3) is 0.920. The van der Waals surface area contributed by atoms with Crippen LogP contribution < -0.4 is 22.1 Å². The van der Waals surface area contributed by atoms with E-state index in [1.54, 1.807) is 0 Å². The SMILES string of the molecule is CCCC1(CC)CCC(F)/C=N\C(C(C(=O)NC2CNCCC2OC2CCS(=O)(=O)CC2)C(N)N)C1. The minimum absolute atomic E-state index is 0.103. The highest BCUT2D eigenvalue weighted by Crippen LogP contribution is 2.42. The van der Waals surface area contributed by atoms with Gasteiger partial charge in [0, 0.05) is 12.8 Å². The molecule has 2 saturated heterocycles. The van der Waals surface area contributed by atoms with Crippen molar-refractivity contribution in [2.75, 3.05) is 24.6 Å². The quantitative estimate of drug-likeness (QED) is 0.329. The number of nitrogens with one attached hydrogen (secondary N) is 2. The van der Waals surface area contributed by atoms with Gasteiger partial charge in [-0.25, -0.2) is 12.8 Å². The number of piperidine rings is 1. The molecule has 3 heterocycles. The Morgan fingerprint density at radius 2 is 1.97 bits per heavy atom. The number of alkyl halides is 1. The largest absolute Gasteiger partial charge is 0.373 e. The third kappa shape index (κ3) is 7.93. The maximum Gasteiger partial charge on any atom is 0.228 e. The first kappa shape index (κ1) is 29.4. The van der Waals surface area contributed by atoms with E-state index < -0.39 is 34.1 Å². The third-order valence-electron chi connectivity index (χ3n) is 8.31. The molecular weight excluding hydrogens is 485 g/mol. The lowest BCUT2D eigenvalue weighted by atomic mass is 9.69. The Balaban J connectivity index is 1.73. The second kappa shape index (κ2) is 13.1. The van der Waals surface area contributed by atoms with Crippen molar-refractivity contribution >= 4 is 22.0 Å². The average Bonchev–Trinajstić information content (AvgIpc) is 2.82. The van der Waals surface area contributed by atoms with Crippen molar-refractivity contribution in [2.45, 2.75) is 108 Å². The number of carbonyl (C=O) groups excluding carboxylic acids is 1. The second-order valence-corrected chi connectivity index (χ2v) is 13.3. The Bertz CT molecular complexity index is 843. The highest BCUT2D eigenvalue weighted by molar-refractivity contribution is 7.91. The van der Waals surface area contributed by atoms with E-state index in [0.29, 0.717) is 38.6 Å². The molecule has 6 atom stereocenters. The zero-order valence-electron chi connectivity index (χ0n) is 21.8. The maximum absolute atomic E-state index is 14.5. The molecule has 0 saturated carbocycles. The molecule has 3 aliphatic rings. The van der Waals surface area contributed by atoms with Gasteiger partial charge in [-0.3, -0.25) is 9.79 Å². The lowest BCUT2D eigenvalue weighted by molar-refractivity contribution is -0.130. The van der Waals surface area contributed by atoms with E-state index in [4.69, 9.17) is 16.2 Å². The van der Waals surface area contributed by atoms with Gasteiger partial charge in [-0.05, 0) is 56.9 Å². The van der Waals surface area contributed by atoms with Crippen molar-refractivity contribution < 1.29 is 22.3 Å². The lowest BCUT2D eigenvalue weighted by Gasteiger charge is -2.40. The normalized spacial score (nSPS) is 35.5. The first-order chi connectivity index (χ1) is 17.1. The highest BCUT2D eigenvalue weighted by atomic mass is 32.2. The Labute approximate surface area is 215 Å². The number of halogens is 1. The smallest absolute Gasteiger partial charge is 0.228 e. The number of ether oxygens (including phenoxy) is 1. The van der Waals surface area contributed by atoms with Crippen LogP contribution in [0.15, 0.2) is 4.99 Å². The van der Waals surface area contributed by atoms with Crippen LogP contribution in [-0.4, -0.2) is 81.8 Å². The lowest BCUT2D eigenvalue weighted by Crippen LogP contribution is -2.60. The number of aliphatic imine (C=N–C) groups is 1. The first-order valence-corrected chi connectivity index (χ1v) is 15.5. The Morgan fingerprint density at radius 3 is 2.61 bits per heavy atom. The number of rotatable bonds is 9. The van der Waals surface area contributed by atoms with Crippen molar-refractivity contribution in [2.24, 2.45) is 27.8 Å². The summed E-state index contributed by atoms with van der Waals surface area (Å²) in [6.45, 7) is 5.53. The summed E-state index contributed by atoms with van der Waals surface area (Å²) >= 11 is 0. The van der Waals surface area contributed by atoms with Crippen LogP contribution in [0.5, 0.6) is 0 Å². The molecule has 11 heteroatoms. The fourth-order valence-corrected chi connectivity index (χ4v) is 7.52. The topological polar surface area (TPSA) is 149 Å². The van der Waals surface area contributed by atoms with E-state index in [1.165, 1.54) is 6.21 Å². The molecule has 2 fully saturated rings. The molecule has 0 radical (unpaired) electrons. The van der Waals surface area contributed by atoms with Gasteiger partial charge in [0.25, 0.3) is 0 Å². The van der Waals surface area contributed by atoms with Crippen molar-refractivity contribution in [1.82, 2.24) is 10.6 Å². The number of sulfone groups is 1. The Kier molecular flexibility index (Phi) is 10.7. The van der Waals surface area contributed by atoms with Gasteiger partial charge in [0.15, 0.2) is 9.84 Å². The third-order valence-corrected chi connectivity index (χ3v) is 10.0. The molecule has 1 amide bonds. The van der Waals surface area contributed by atoms with Crippen LogP contribution in [0.1, 0.15) is 71.6 Å². The predicted molar refractivity (Wildman–Crippen MR) is 140 cm³/mol. The predicted octanol–water partition coefficient (Wildman–Crippen LogP) is 1.44. The van der Waals surface area contributed by atoms with Gasteiger partial charge in [-0.1, -0.05) is 26.7 Å². The van der Waals surface area contributed by atoms with Gasteiger partial charge >= 0.3 is 0 Å². The zero-order chi connectivity index (χ0) is 26.3. The van der Waals surface area contributed by atoms with Crippen molar-refractivity contribution in [1.29, 1.82) is 0 Å². The molecule has 0 spiro atoms. The zero-order valence-corrected chi connectivity index (χ0v) is 22.6. The van der Waals surface area contributed by atoms with E-state index in [1.807, 2.05) is 0 Å². The van der Waals surface area contributed by atoms with Crippen LogP contribution in [0.4, 0.5) is 4.39 Å². The summed E-state index contributed by atoms with van der Waals surface area (Å²) in [5.74, 6) is -0.818. The van der Waals surface area contributed by atoms with Gasteiger partial charge in [-0.2, -0.15) is 0 Å². The summed E-state index contributed by atoms with van der Waals surface area (Å²) in [5, 5.41) is 6.40. The number of nitrogens with two attached hydrogens (primary N) is 2. The molecule has 9 nitrogen and oxygen atoms in total. The van der Waals surface area contributed by atoms with E-state index in [2.05, 4.69) is 29.5 Å². The number of hydrogen-bond donors (Lipinski definition) is 4. The molecule has 0 aliphatic carbocycles. The van der Waals surface area contributed by atoms with Crippen LogP contribution in [0.3, 0.4) is 0 Å². The average molecular weight is 532 g/mol. The van der Waals surface area contributed by atoms with Gasteiger partial charge in [0.05, 0.1) is 47.9 Å². The fourth-order valence-electron chi connectivity index (χ4n) is 6.07. The Morgan fingerprint density at radius 1 is 1.25 bits per heavy atom. The van der Waals surface area contributed by atoms with Gasteiger partial charge in [-0.15, -0.1) is 0 Å². The van der Waals surface area contributed by atoms with Crippen molar-refractivity contribution in [3.8, 4) is 0 Å². The number of nitrogens with zero attached hydrogens (tertiary/aromatic N) is 1. The Hall–Kier alpha value is -1.14. The van der Waals surface area contributed by atoms with Gasteiger partial charge in [0.1, 0.15) is 6.17 Å². The summed E-state index contributed by atoms with van der Waals surface area (Å²) in [7, 11) is -2.98. The van der Waals surface area contributed by atoms with Crippen LogP contribution in [-0.2, 0) is 19.4 Å². The molecule has 0 aromatic heterocycles. The van der Waals surface area contributed by atoms with E-state index >= 15 is 0 Å². The summed E-state index contributed by atoms with van der Waals surface area (Å²) in [5.41, 5.74) is 12.2. The molecular formula is C25H46FN5O4S. The summed E-state index contributed by atoms with van der Waals surface area (Å²) < 4.78 is 44.4. The monoisotopic (exact) mass is 531 g/mol. The first-order valence-electron chi connectivity index (χ1n) is 13.6. The van der Waals surface area contributed by atoms with E-state index in [-0.39, 0.29) is 41.1 Å². The van der Waals surface area contributed by atoms with Crippen molar-refractivity contribution in [3.05, 3.63) is 0 Å². The van der Waals surface area contributed by atoms with Crippen molar-refractivity contribution in [3.63, 3.8) is 0 Å². The highest BCUT2D eigenvalue weighted by Gasteiger charge is 2.41. The maximum atomic E-state index is 14.5. The molecule has 3 rings (SSSR count). The van der Waals surface area contributed by atoms with Crippen LogP contribution in [0, 0.1) is 11.3 Å². The molecule has 3 aliphatic heterocycles. The van der Waals surface area contributed by atoms with Gasteiger partial charge in [0.2, 0.25) is 5.91 Å². The molecule has 6 N–H and O–H groups in total. The van der Waals surface area contributed by atoms with E-state index in [0.717, 1.165) is 32.2 Å². The standard InChI is InChI=1S/C25H46FN5O4S/c1-3-9-25(4-2)10-5-17(26)15-30-19(14-25)22(23(27)28)24(32)31-20-16-29-11-6-21(20)35-18-7-12-36(33,34)13-8-18/h15,17-23,29H,3-14,16,27-28H2,1-2H3,(H,31,32)/b30-15-. The number of amides is 1. The molecule has 0 aromatic carbocycles. The summed E-state index contributed by atoms with van der Waals surface area (Å²) in [6.07, 6.45) is 5.13. The van der Waals surface area contributed by atoms with Crippen LogP contribution in [0.25, 0.3) is 0 Å². The minimum atomic E-state index is -2.98. The summed E-state index contributed by atoms with van der Waals surface area (Å²) in [4.78, 5) is 18.1. The second-order valence-electron chi connectivity index (χ2n) is 11.0. The van der Waals surface area contributed by atoms with Gasteiger partial charge < -0.3 is 26.8 Å². The molecule has 0 aromatic rings. The minimum Gasteiger partial charge on any atom is -0.373 e. The van der Waals surface area contributed by atoms with Crippen LogP contribution in [0.2, 0.25) is 0 Å². The molecule has 6 unspecified atom stereocenters. The molecule has 208 valence electrons. The summed E-state index contributed by atoms with van der Waals surface area (Å²) in [6, 6.07) is -0.807. The molecule has 36 heavy (non-hydrogen) atoms. The van der Waals surface area contributed by atoms with Crippen LogP contribution >= 0.6 is 0 Å². The number of carbonyl (C=O) groups is 1. The van der Waals surface area contributed by atoms with E-state index in [9.17, 15) is 17.6 Å². The number of hydrogen-bond acceptors (Lipinski definition) is 8. The molecule has 0 bridgehead atoms.